The Kier molecular flexibility index (Phi) is 4.23. The van der Waals surface area contributed by atoms with Gasteiger partial charge in [0.15, 0.2) is 0 Å². The second kappa shape index (κ2) is 5.98. The Balaban J connectivity index is 1.76. The molecule has 116 valence electrons. The molecule has 0 amide bonds. The summed E-state index contributed by atoms with van der Waals surface area (Å²) >= 11 is 0. The molecular formula is C18H28N2O. The number of rotatable bonds is 3. The van der Waals surface area contributed by atoms with Crippen LogP contribution in [0.5, 0.6) is 5.75 Å². The third-order valence-corrected chi connectivity index (χ3v) is 4.89. The highest BCUT2D eigenvalue weighted by atomic mass is 16.5. The zero-order valence-corrected chi connectivity index (χ0v) is 13.6. The average Bonchev–Trinajstić information content (AvgIpc) is 2.46. The molecule has 3 rings (SSSR count). The topological polar surface area (TPSA) is 24.5 Å². The maximum absolute atomic E-state index is 6.15. The van der Waals surface area contributed by atoms with Gasteiger partial charge in [-0.15, -0.1) is 0 Å². The van der Waals surface area contributed by atoms with Crippen LogP contribution in [0.1, 0.15) is 44.7 Å². The number of benzene rings is 1. The monoisotopic (exact) mass is 288 g/mol. The molecule has 3 heteroatoms. The Morgan fingerprint density at radius 2 is 1.95 bits per heavy atom. The molecule has 1 saturated heterocycles. The average molecular weight is 288 g/mol. The SMILES string of the molecule is CN(CC1CCNCC1)C1CC(C)(C)Oc2ccccc21. The highest BCUT2D eigenvalue weighted by molar-refractivity contribution is 5.38. The van der Waals surface area contributed by atoms with Gasteiger partial charge in [0.25, 0.3) is 0 Å². The number of fused-ring (bicyclic) bond motifs is 1. The zero-order chi connectivity index (χ0) is 14.9. The summed E-state index contributed by atoms with van der Waals surface area (Å²) in [5.74, 6) is 1.89. The fourth-order valence-corrected chi connectivity index (χ4v) is 3.76. The van der Waals surface area contributed by atoms with Gasteiger partial charge in [0.1, 0.15) is 11.4 Å². The fourth-order valence-electron chi connectivity index (χ4n) is 3.76. The van der Waals surface area contributed by atoms with E-state index in [1.54, 1.807) is 0 Å². The van der Waals surface area contributed by atoms with Crippen molar-refractivity contribution in [3.63, 3.8) is 0 Å². The van der Waals surface area contributed by atoms with Gasteiger partial charge in [-0.25, -0.2) is 0 Å². The van der Waals surface area contributed by atoms with Crippen LogP contribution in [0.3, 0.4) is 0 Å². The summed E-state index contributed by atoms with van der Waals surface area (Å²) in [7, 11) is 2.28. The van der Waals surface area contributed by atoms with Crippen LogP contribution < -0.4 is 10.1 Å². The van der Waals surface area contributed by atoms with E-state index in [2.05, 4.69) is 55.4 Å². The second-order valence-corrected chi connectivity index (χ2v) is 7.25. The summed E-state index contributed by atoms with van der Waals surface area (Å²) in [5, 5.41) is 3.46. The maximum Gasteiger partial charge on any atom is 0.124 e. The zero-order valence-electron chi connectivity index (χ0n) is 13.6. The van der Waals surface area contributed by atoms with Crippen molar-refractivity contribution in [1.29, 1.82) is 0 Å². The Labute approximate surface area is 128 Å². The van der Waals surface area contributed by atoms with E-state index >= 15 is 0 Å². The number of para-hydroxylation sites is 1. The van der Waals surface area contributed by atoms with Gasteiger partial charge in [0.05, 0.1) is 0 Å². The number of nitrogens with zero attached hydrogens (tertiary/aromatic N) is 1. The number of hydrogen-bond acceptors (Lipinski definition) is 3. The van der Waals surface area contributed by atoms with Crippen LogP contribution in [-0.2, 0) is 0 Å². The molecule has 0 bridgehead atoms. The van der Waals surface area contributed by atoms with Crippen molar-refractivity contribution in [2.24, 2.45) is 5.92 Å². The molecule has 0 aromatic heterocycles. The standard InChI is InChI=1S/C18H28N2O/c1-18(2)12-16(15-6-4-5-7-17(15)21-18)20(3)13-14-8-10-19-11-9-14/h4-7,14,16,19H,8-13H2,1-3H3. The molecule has 21 heavy (non-hydrogen) atoms. The molecule has 0 aliphatic carbocycles. The maximum atomic E-state index is 6.15. The Morgan fingerprint density at radius 1 is 1.24 bits per heavy atom. The van der Waals surface area contributed by atoms with Crippen LogP contribution in [0.2, 0.25) is 0 Å². The highest BCUT2D eigenvalue weighted by Gasteiger charge is 2.36. The summed E-state index contributed by atoms with van der Waals surface area (Å²) in [6.45, 7) is 7.95. The first-order valence-corrected chi connectivity index (χ1v) is 8.24. The van der Waals surface area contributed by atoms with Gasteiger partial charge in [-0.2, -0.15) is 0 Å². The predicted octanol–water partition coefficient (Wildman–Crippen LogP) is 3.22. The minimum atomic E-state index is -0.0819. The number of piperidine rings is 1. The smallest absolute Gasteiger partial charge is 0.124 e. The van der Waals surface area contributed by atoms with Crippen LogP contribution in [-0.4, -0.2) is 37.2 Å². The molecule has 1 unspecified atom stereocenters. The van der Waals surface area contributed by atoms with Crippen LogP contribution in [0.25, 0.3) is 0 Å². The molecule has 1 fully saturated rings. The molecule has 0 radical (unpaired) electrons. The highest BCUT2D eigenvalue weighted by Crippen LogP contribution is 2.42. The van der Waals surface area contributed by atoms with Crippen molar-refractivity contribution in [2.75, 3.05) is 26.7 Å². The van der Waals surface area contributed by atoms with Gasteiger partial charge in [0.2, 0.25) is 0 Å². The minimum absolute atomic E-state index is 0.0819. The number of hydrogen-bond donors (Lipinski definition) is 1. The van der Waals surface area contributed by atoms with E-state index in [0.29, 0.717) is 6.04 Å². The van der Waals surface area contributed by atoms with Crippen molar-refractivity contribution < 1.29 is 4.74 Å². The third-order valence-electron chi connectivity index (χ3n) is 4.89. The van der Waals surface area contributed by atoms with Gasteiger partial charge in [-0.1, -0.05) is 18.2 Å². The van der Waals surface area contributed by atoms with E-state index in [1.165, 1.54) is 38.0 Å². The molecule has 3 nitrogen and oxygen atoms in total. The van der Waals surface area contributed by atoms with Gasteiger partial charge in [0, 0.05) is 24.6 Å². The summed E-state index contributed by atoms with van der Waals surface area (Å²) in [6, 6.07) is 9.02. The molecular weight excluding hydrogens is 260 g/mol. The molecule has 2 aliphatic heterocycles. The van der Waals surface area contributed by atoms with E-state index < -0.39 is 0 Å². The minimum Gasteiger partial charge on any atom is -0.487 e. The lowest BCUT2D eigenvalue weighted by Gasteiger charge is -2.42. The predicted molar refractivity (Wildman–Crippen MR) is 86.7 cm³/mol. The summed E-state index contributed by atoms with van der Waals surface area (Å²) < 4.78 is 6.15. The quantitative estimate of drug-likeness (QED) is 0.924. The lowest BCUT2D eigenvalue weighted by molar-refractivity contribution is 0.0319. The molecule has 1 N–H and O–H groups in total. The third kappa shape index (κ3) is 3.41. The molecule has 2 heterocycles. The van der Waals surface area contributed by atoms with E-state index in [-0.39, 0.29) is 5.60 Å². The molecule has 1 aromatic rings. The first-order chi connectivity index (χ1) is 10.1. The van der Waals surface area contributed by atoms with Crippen LogP contribution in [0.4, 0.5) is 0 Å². The summed E-state index contributed by atoms with van der Waals surface area (Å²) in [6.07, 6.45) is 3.67. The lowest BCUT2D eigenvalue weighted by atomic mass is 9.88. The van der Waals surface area contributed by atoms with Crippen molar-refractivity contribution >= 4 is 0 Å². The molecule has 1 atom stereocenters. The van der Waals surface area contributed by atoms with Gasteiger partial charge >= 0.3 is 0 Å². The Bertz CT molecular complexity index is 480. The fraction of sp³-hybridized carbons (Fsp3) is 0.667. The van der Waals surface area contributed by atoms with Crippen LogP contribution >= 0.6 is 0 Å². The first-order valence-electron chi connectivity index (χ1n) is 8.24. The number of nitrogens with one attached hydrogen (secondary N) is 1. The van der Waals surface area contributed by atoms with Crippen molar-refractivity contribution in [3.8, 4) is 5.75 Å². The Morgan fingerprint density at radius 3 is 2.71 bits per heavy atom. The van der Waals surface area contributed by atoms with E-state index in [4.69, 9.17) is 4.74 Å². The summed E-state index contributed by atoms with van der Waals surface area (Å²) in [5.41, 5.74) is 1.27. The molecule has 2 aliphatic rings. The van der Waals surface area contributed by atoms with Gasteiger partial charge < -0.3 is 10.1 Å². The van der Waals surface area contributed by atoms with Crippen LogP contribution in [0, 0.1) is 5.92 Å². The summed E-state index contributed by atoms with van der Waals surface area (Å²) in [4.78, 5) is 2.55. The van der Waals surface area contributed by atoms with Crippen molar-refractivity contribution in [1.82, 2.24) is 10.2 Å². The van der Waals surface area contributed by atoms with Gasteiger partial charge in [-0.05, 0) is 58.8 Å². The molecule has 1 aromatic carbocycles. The van der Waals surface area contributed by atoms with Crippen LogP contribution in [0.15, 0.2) is 24.3 Å². The lowest BCUT2D eigenvalue weighted by Crippen LogP contribution is -2.42. The van der Waals surface area contributed by atoms with E-state index in [9.17, 15) is 0 Å². The number of ether oxygens (including phenoxy) is 1. The van der Waals surface area contributed by atoms with E-state index in [1.807, 2.05) is 0 Å². The van der Waals surface area contributed by atoms with Crippen molar-refractivity contribution in [3.05, 3.63) is 29.8 Å². The largest absolute Gasteiger partial charge is 0.487 e. The molecule has 0 saturated carbocycles. The van der Waals surface area contributed by atoms with Crippen molar-refractivity contribution in [2.45, 2.75) is 44.8 Å². The van der Waals surface area contributed by atoms with E-state index in [0.717, 1.165) is 18.1 Å². The molecule has 0 spiro atoms. The second-order valence-electron chi connectivity index (χ2n) is 7.25. The Hall–Kier alpha value is -1.06. The van der Waals surface area contributed by atoms with Gasteiger partial charge in [-0.3, -0.25) is 4.90 Å². The first kappa shape index (κ1) is 14.9. The normalized spacial score (nSPS) is 25.4.